The number of rotatable bonds is 11. The van der Waals surface area contributed by atoms with Crippen LogP contribution in [0.3, 0.4) is 0 Å². The summed E-state index contributed by atoms with van der Waals surface area (Å²) in [4.78, 5) is 0. The van der Waals surface area contributed by atoms with Crippen molar-refractivity contribution >= 4 is 0 Å². The van der Waals surface area contributed by atoms with Gasteiger partial charge in [0, 0.05) is 37.6 Å². The zero-order valence-electron chi connectivity index (χ0n) is 22.8. The van der Waals surface area contributed by atoms with Crippen LogP contribution >= 0.6 is 0 Å². The molecule has 1 aliphatic carbocycles. The maximum atomic E-state index is 11.6. The van der Waals surface area contributed by atoms with Crippen LogP contribution in [-0.4, -0.2) is 161 Å². The molecule has 0 amide bonds. The minimum absolute atomic E-state index is 0.00135. The molecular weight excluding hydrogens is 518 g/mol. The minimum atomic E-state index is -1.55. The fraction of sp³-hybridized carbons (Fsp3) is 1.00. The van der Waals surface area contributed by atoms with E-state index in [1.807, 2.05) is 6.92 Å². The summed E-state index contributed by atoms with van der Waals surface area (Å²) in [7, 11) is 1.58. The molecule has 3 fully saturated rings. The molecule has 15 heteroatoms. The number of hydrogen-bond donors (Lipinski definition) is 12. The molecule has 15 unspecified atom stereocenters. The Balaban J connectivity index is 1.86. The van der Waals surface area contributed by atoms with Crippen molar-refractivity contribution in [2.24, 2.45) is 17.4 Å². The van der Waals surface area contributed by atoms with Crippen LogP contribution < -0.4 is 27.4 Å². The molecule has 0 aromatic carbocycles. The van der Waals surface area contributed by atoms with Gasteiger partial charge in [-0.3, -0.25) is 0 Å². The van der Waals surface area contributed by atoms with Gasteiger partial charge in [0.05, 0.1) is 37.1 Å². The highest BCUT2D eigenvalue weighted by atomic mass is 16.7. The zero-order chi connectivity index (χ0) is 29.1. The van der Waals surface area contributed by atoms with Gasteiger partial charge in [0.1, 0.15) is 36.1 Å². The van der Waals surface area contributed by atoms with Gasteiger partial charge < -0.3 is 77.4 Å². The molecule has 0 spiro atoms. The summed E-state index contributed by atoms with van der Waals surface area (Å²) in [5.74, 6) is -0.947. The van der Waals surface area contributed by atoms with E-state index >= 15 is 0 Å². The average molecular weight is 568 g/mol. The van der Waals surface area contributed by atoms with Crippen LogP contribution in [0.25, 0.3) is 0 Å². The Hall–Kier alpha value is -0.600. The van der Waals surface area contributed by atoms with Gasteiger partial charge in [-0.25, -0.2) is 0 Å². The van der Waals surface area contributed by atoms with Gasteiger partial charge in [-0.05, 0) is 26.9 Å². The Morgan fingerprint density at radius 2 is 1.77 bits per heavy atom. The second-order valence-electron chi connectivity index (χ2n) is 11.2. The third-order valence-electron chi connectivity index (χ3n) is 8.19. The quantitative estimate of drug-likeness (QED) is 0.111. The van der Waals surface area contributed by atoms with Crippen molar-refractivity contribution in [1.29, 1.82) is 0 Å². The number of ether oxygens (including phenoxy) is 3. The van der Waals surface area contributed by atoms with Gasteiger partial charge in [-0.15, -0.1) is 0 Å². The largest absolute Gasteiger partial charge is 0.390 e. The van der Waals surface area contributed by atoms with E-state index in [1.165, 1.54) is 6.92 Å². The van der Waals surface area contributed by atoms with Gasteiger partial charge in [-0.2, -0.15) is 0 Å². The lowest BCUT2D eigenvalue weighted by Gasteiger charge is -2.52. The molecule has 3 aliphatic rings. The molecule has 14 N–H and O–H groups in total. The van der Waals surface area contributed by atoms with Crippen LogP contribution in [0.4, 0.5) is 0 Å². The molecule has 0 bridgehead atoms. The predicted octanol–water partition coefficient (Wildman–Crippen LogP) is -6.13. The molecule has 2 aliphatic heterocycles. The molecular formula is C24H49N5O10. The average Bonchev–Trinajstić information content (AvgIpc) is 2.89. The van der Waals surface area contributed by atoms with Gasteiger partial charge >= 0.3 is 0 Å². The third-order valence-corrected chi connectivity index (χ3v) is 8.19. The highest BCUT2D eigenvalue weighted by Crippen LogP contribution is 2.37. The molecule has 15 nitrogen and oxygen atoms in total. The smallest absolute Gasteiger partial charge is 0.185 e. The molecule has 230 valence electrons. The van der Waals surface area contributed by atoms with E-state index in [9.17, 15) is 35.7 Å². The first kappa shape index (κ1) is 32.9. The summed E-state index contributed by atoms with van der Waals surface area (Å²) >= 11 is 0. The number of aliphatic hydroxyl groups excluding tert-OH is 6. The normalized spacial score (nSPS) is 48.2. The van der Waals surface area contributed by atoms with Crippen molar-refractivity contribution < 1.29 is 50.0 Å². The summed E-state index contributed by atoms with van der Waals surface area (Å²) in [6.45, 7) is 4.09. The topological polar surface area (TPSA) is 257 Å². The second-order valence-corrected chi connectivity index (χ2v) is 11.2. The lowest BCUT2D eigenvalue weighted by atomic mass is 9.72. The highest BCUT2D eigenvalue weighted by Gasteiger charge is 2.55. The first-order valence-electron chi connectivity index (χ1n) is 13.7. The van der Waals surface area contributed by atoms with Gasteiger partial charge in [0.15, 0.2) is 6.29 Å². The molecule has 15 atom stereocenters. The number of hydrogen-bond acceptors (Lipinski definition) is 15. The Morgan fingerprint density at radius 3 is 2.38 bits per heavy atom. The van der Waals surface area contributed by atoms with Crippen molar-refractivity contribution in [1.82, 2.24) is 16.0 Å². The van der Waals surface area contributed by atoms with E-state index in [2.05, 4.69) is 16.0 Å². The Kier molecular flexibility index (Phi) is 11.9. The van der Waals surface area contributed by atoms with E-state index in [1.54, 1.807) is 7.05 Å². The van der Waals surface area contributed by atoms with Crippen LogP contribution in [0.2, 0.25) is 0 Å². The number of nitrogens with two attached hydrogens (primary N) is 2. The van der Waals surface area contributed by atoms with E-state index in [-0.39, 0.29) is 32.7 Å². The summed E-state index contributed by atoms with van der Waals surface area (Å²) < 4.78 is 17.8. The molecule has 2 heterocycles. The maximum Gasteiger partial charge on any atom is 0.185 e. The van der Waals surface area contributed by atoms with E-state index in [4.69, 9.17) is 25.7 Å². The lowest BCUT2D eigenvalue weighted by molar-refractivity contribution is -0.303. The Labute approximate surface area is 228 Å². The first-order valence-corrected chi connectivity index (χ1v) is 13.7. The number of likely N-dealkylation sites (N-methyl/N-ethyl adjacent to an activating group) is 2. The predicted molar refractivity (Wildman–Crippen MR) is 138 cm³/mol. The van der Waals surface area contributed by atoms with E-state index in [0.717, 1.165) is 0 Å². The van der Waals surface area contributed by atoms with Crippen molar-refractivity contribution in [3.05, 3.63) is 0 Å². The maximum absolute atomic E-state index is 11.6. The molecule has 3 rings (SSSR count). The number of aliphatic hydroxyl groups is 7. The molecule has 39 heavy (non-hydrogen) atoms. The Morgan fingerprint density at radius 1 is 1.08 bits per heavy atom. The monoisotopic (exact) mass is 567 g/mol. The van der Waals surface area contributed by atoms with Crippen molar-refractivity contribution in [3.8, 4) is 0 Å². The van der Waals surface area contributed by atoms with Gasteiger partial charge in [0.2, 0.25) is 0 Å². The van der Waals surface area contributed by atoms with E-state index in [0.29, 0.717) is 6.54 Å². The zero-order valence-corrected chi connectivity index (χ0v) is 22.8. The van der Waals surface area contributed by atoms with Crippen LogP contribution in [0.5, 0.6) is 0 Å². The SMILES string of the molecule is CCNCC1OC(C2C(N)CC(NCC(O)CN)C(OC3OCC(C)(O)C(NC)C3O)C2O)C(O)C(O)C1O. The summed E-state index contributed by atoms with van der Waals surface area (Å²) in [5, 5.41) is 84.1. The van der Waals surface area contributed by atoms with Gasteiger partial charge in [0.25, 0.3) is 0 Å². The Bertz CT molecular complexity index is 756. The second kappa shape index (κ2) is 14.0. The number of nitrogens with one attached hydrogen (secondary N) is 3. The fourth-order valence-electron chi connectivity index (χ4n) is 5.95. The van der Waals surface area contributed by atoms with Crippen LogP contribution in [0.1, 0.15) is 20.3 Å². The van der Waals surface area contributed by atoms with E-state index < -0.39 is 90.9 Å². The molecule has 0 radical (unpaired) electrons. The third kappa shape index (κ3) is 7.25. The molecule has 0 aromatic rings. The minimum Gasteiger partial charge on any atom is -0.390 e. The van der Waals surface area contributed by atoms with Crippen LogP contribution in [0.15, 0.2) is 0 Å². The van der Waals surface area contributed by atoms with Crippen molar-refractivity contribution in [2.45, 2.75) is 105 Å². The van der Waals surface area contributed by atoms with Crippen LogP contribution in [-0.2, 0) is 14.2 Å². The van der Waals surface area contributed by atoms with Crippen LogP contribution in [0, 0.1) is 5.92 Å². The van der Waals surface area contributed by atoms with Crippen molar-refractivity contribution in [2.75, 3.05) is 39.8 Å². The highest BCUT2D eigenvalue weighted by molar-refractivity contribution is 5.07. The van der Waals surface area contributed by atoms with Gasteiger partial charge in [-0.1, -0.05) is 6.92 Å². The summed E-state index contributed by atoms with van der Waals surface area (Å²) in [5.41, 5.74) is 10.7. The lowest BCUT2D eigenvalue weighted by Crippen LogP contribution is -2.71. The molecule has 1 saturated carbocycles. The summed E-state index contributed by atoms with van der Waals surface area (Å²) in [6.07, 6.45) is -12.2. The summed E-state index contributed by atoms with van der Waals surface area (Å²) in [6, 6.07) is -2.18. The standard InChI is InChI=1S/C24H49N5O10/c1-4-28-8-13-15(31)17(33)18(34)21(38-13)14-11(26)5-12(29-7-10(30)6-25)20(16(14)32)39-23-19(35)22(27-3)24(2,36)9-37-23/h10-23,27-36H,4-9,25-26H2,1-3H3. The molecule has 0 aromatic heterocycles. The first-order chi connectivity index (χ1) is 18.4. The molecule has 2 saturated heterocycles. The fourth-order valence-corrected chi connectivity index (χ4v) is 5.95. The van der Waals surface area contributed by atoms with Crippen molar-refractivity contribution in [3.63, 3.8) is 0 Å².